The molecule has 0 radical (unpaired) electrons. The molecule has 2 aromatic rings. The first-order valence-corrected chi connectivity index (χ1v) is 9.78. The third-order valence-electron chi connectivity index (χ3n) is 4.44. The van der Waals surface area contributed by atoms with E-state index in [1.807, 2.05) is 0 Å². The molecule has 2 N–H and O–H groups in total. The number of carbonyl (C=O) groups is 1. The first kappa shape index (κ1) is 18.8. The Bertz CT molecular complexity index is 940. The molecule has 0 spiro atoms. The van der Waals surface area contributed by atoms with Gasteiger partial charge in [-0.15, -0.1) is 11.3 Å². The summed E-state index contributed by atoms with van der Waals surface area (Å²) in [6.45, 7) is 3.94. The molecule has 0 aliphatic heterocycles. The van der Waals surface area contributed by atoms with Gasteiger partial charge in [-0.25, -0.2) is 0 Å². The lowest BCUT2D eigenvalue weighted by Gasteiger charge is -2.17. The summed E-state index contributed by atoms with van der Waals surface area (Å²) in [5.41, 5.74) is 2.55. The number of anilines is 1. The number of carbonyl (C=O) groups excluding carboxylic acids is 1. The monoisotopic (exact) mass is 407 g/mol. The molecular formula is C17H18ClN5OS2. The summed E-state index contributed by atoms with van der Waals surface area (Å²) in [5, 5.41) is 20.4. The predicted octanol–water partition coefficient (Wildman–Crippen LogP) is 3.57. The van der Waals surface area contributed by atoms with Crippen molar-refractivity contribution in [3.63, 3.8) is 0 Å². The lowest BCUT2D eigenvalue weighted by Crippen LogP contribution is -2.35. The molecule has 6 nitrogen and oxygen atoms in total. The van der Waals surface area contributed by atoms with Gasteiger partial charge >= 0.3 is 0 Å². The third-order valence-corrected chi connectivity index (χ3v) is 6.27. The highest BCUT2D eigenvalue weighted by Gasteiger charge is 2.25. The van der Waals surface area contributed by atoms with Gasteiger partial charge in [0.05, 0.1) is 16.3 Å². The van der Waals surface area contributed by atoms with Crippen molar-refractivity contribution in [3.05, 3.63) is 32.4 Å². The van der Waals surface area contributed by atoms with Crippen molar-refractivity contribution in [2.45, 2.75) is 33.1 Å². The average Bonchev–Trinajstić information content (AvgIpc) is 3.02. The smallest absolute Gasteiger partial charge is 0.277 e. The van der Waals surface area contributed by atoms with E-state index in [4.69, 9.17) is 23.8 Å². The number of hydrogen-bond donors (Lipinski definition) is 2. The quantitative estimate of drug-likeness (QED) is 0.743. The van der Waals surface area contributed by atoms with Crippen molar-refractivity contribution >= 4 is 51.2 Å². The van der Waals surface area contributed by atoms with E-state index in [1.54, 1.807) is 14.0 Å². The summed E-state index contributed by atoms with van der Waals surface area (Å²) in [6.07, 6.45) is 2.96. The second-order valence-corrected chi connectivity index (χ2v) is 8.34. The minimum Gasteiger partial charge on any atom is -0.323 e. The zero-order valence-corrected chi connectivity index (χ0v) is 17.0. The Balaban J connectivity index is 1.77. The highest BCUT2D eigenvalue weighted by atomic mass is 35.5. The normalized spacial score (nSPS) is 15.9. The lowest BCUT2D eigenvalue weighted by molar-refractivity contribution is 0.0968. The summed E-state index contributed by atoms with van der Waals surface area (Å²) < 4.78 is 1.42. The van der Waals surface area contributed by atoms with E-state index >= 15 is 0 Å². The molecule has 9 heteroatoms. The minimum absolute atomic E-state index is 0.132. The maximum Gasteiger partial charge on any atom is 0.277 e. The van der Waals surface area contributed by atoms with Crippen LogP contribution in [0.4, 0.5) is 5.00 Å². The van der Waals surface area contributed by atoms with E-state index in [0.717, 1.165) is 24.8 Å². The second-order valence-electron chi connectivity index (χ2n) is 6.45. The molecule has 0 saturated heterocycles. The number of nitriles is 1. The number of hydrogen-bond acceptors (Lipinski definition) is 5. The standard InChI is InChI=1S/C17H18ClN5OS2/c1-8-4-5-10-11(7-19)16(26-12(10)6-8)21-17(25)20-15(24)14-13(18)9(2)22-23(14)3/h8H,4-6H2,1-3H3,(H2,20,21,24,25). The topological polar surface area (TPSA) is 82.7 Å². The van der Waals surface area contributed by atoms with E-state index in [1.165, 1.54) is 20.9 Å². The van der Waals surface area contributed by atoms with Crippen LogP contribution in [0.25, 0.3) is 0 Å². The van der Waals surface area contributed by atoms with Gasteiger partial charge in [0.1, 0.15) is 16.8 Å². The summed E-state index contributed by atoms with van der Waals surface area (Å²) in [7, 11) is 1.65. The Morgan fingerprint density at radius 2 is 2.27 bits per heavy atom. The van der Waals surface area contributed by atoms with Crippen molar-refractivity contribution in [3.8, 4) is 6.07 Å². The SMILES string of the molecule is Cc1nn(C)c(C(=O)NC(=S)Nc2sc3c(c2C#N)CCC(C)C3)c1Cl. The van der Waals surface area contributed by atoms with Crippen LogP contribution in [0.3, 0.4) is 0 Å². The van der Waals surface area contributed by atoms with Gasteiger partial charge in [-0.3, -0.25) is 14.8 Å². The van der Waals surface area contributed by atoms with E-state index in [0.29, 0.717) is 27.2 Å². The van der Waals surface area contributed by atoms with Gasteiger partial charge in [-0.2, -0.15) is 10.4 Å². The van der Waals surface area contributed by atoms with Crippen LogP contribution in [0, 0.1) is 24.2 Å². The Hall–Kier alpha value is -1.95. The number of nitrogens with zero attached hydrogens (tertiary/aromatic N) is 3. The maximum atomic E-state index is 12.4. The minimum atomic E-state index is -0.441. The Morgan fingerprint density at radius 3 is 2.88 bits per heavy atom. The van der Waals surface area contributed by atoms with Gasteiger partial charge in [0.25, 0.3) is 5.91 Å². The molecule has 3 rings (SSSR count). The third kappa shape index (κ3) is 3.47. The van der Waals surface area contributed by atoms with Crippen molar-refractivity contribution < 1.29 is 4.79 Å². The molecule has 1 aliphatic rings. The number of nitrogens with one attached hydrogen (secondary N) is 2. The molecular weight excluding hydrogens is 390 g/mol. The molecule has 0 aromatic carbocycles. The van der Waals surface area contributed by atoms with Gasteiger partial charge in [0.2, 0.25) is 0 Å². The number of amides is 1. The van der Waals surface area contributed by atoms with Crippen LogP contribution < -0.4 is 10.6 Å². The van der Waals surface area contributed by atoms with Crippen molar-refractivity contribution in [1.82, 2.24) is 15.1 Å². The predicted molar refractivity (Wildman–Crippen MR) is 107 cm³/mol. The molecule has 1 atom stereocenters. The van der Waals surface area contributed by atoms with E-state index < -0.39 is 5.91 Å². The number of fused-ring (bicyclic) bond motifs is 1. The molecule has 0 bridgehead atoms. The zero-order valence-electron chi connectivity index (χ0n) is 14.6. The average molecular weight is 408 g/mol. The molecule has 26 heavy (non-hydrogen) atoms. The molecule has 0 saturated carbocycles. The first-order chi connectivity index (χ1) is 12.3. The highest BCUT2D eigenvalue weighted by Crippen LogP contribution is 2.39. The molecule has 0 fully saturated rings. The molecule has 1 unspecified atom stereocenters. The zero-order chi connectivity index (χ0) is 19.0. The first-order valence-electron chi connectivity index (χ1n) is 8.17. The fraction of sp³-hybridized carbons (Fsp3) is 0.412. The van der Waals surface area contributed by atoms with Crippen LogP contribution in [0.5, 0.6) is 0 Å². The van der Waals surface area contributed by atoms with Crippen LogP contribution in [-0.4, -0.2) is 20.8 Å². The molecule has 136 valence electrons. The number of aromatic nitrogens is 2. The maximum absolute atomic E-state index is 12.4. The van der Waals surface area contributed by atoms with Gasteiger partial charge in [0, 0.05) is 11.9 Å². The van der Waals surface area contributed by atoms with E-state index in [9.17, 15) is 10.1 Å². The Labute approximate surface area is 166 Å². The fourth-order valence-corrected chi connectivity index (χ4v) is 5.00. The van der Waals surface area contributed by atoms with Crippen LogP contribution in [0.15, 0.2) is 0 Å². The number of halogens is 1. The molecule has 1 aliphatic carbocycles. The van der Waals surface area contributed by atoms with Gasteiger partial charge in [-0.05, 0) is 49.9 Å². The van der Waals surface area contributed by atoms with Crippen molar-refractivity contribution in [2.75, 3.05) is 5.32 Å². The number of thiophene rings is 1. The number of aryl methyl sites for hydroxylation is 2. The summed E-state index contributed by atoms with van der Waals surface area (Å²) in [5.74, 6) is 0.173. The molecule has 2 heterocycles. The molecule has 1 amide bonds. The van der Waals surface area contributed by atoms with E-state index in [-0.39, 0.29) is 10.8 Å². The number of thiocarbonyl (C=S) groups is 1. The fourth-order valence-electron chi connectivity index (χ4n) is 3.13. The Kier molecular flexibility index (Phi) is 5.32. The Morgan fingerprint density at radius 1 is 1.54 bits per heavy atom. The van der Waals surface area contributed by atoms with Gasteiger partial charge < -0.3 is 5.32 Å². The van der Waals surface area contributed by atoms with Gasteiger partial charge in [0.15, 0.2) is 5.11 Å². The largest absolute Gasteiger partial charge is 0.323 e. The summed E-state index contributed by atoms with van der Waals surface area (Å²) in [6, 6.07) is 2.27. The lowest BCUT2D eigenvalue weighted by atomic mass is 9.89. The highest BCUT2D eigenvalue weighted by molar-refractivity contribution is 7.80. The second kappa shape index (κ2) is 7.35. The van der Waals surface area contributed by atoms with Crippen LogP contribution in [-0.2, 0) is 19.9 Å². The van der Waals surface area contributed by atoms with E-state index in [2.05, 4.69) is 28.7 Å². The van der Waals surface area contributed by atoms with Crippen molar-refractivity contribution in [1.29, 1.82) is 5.26 Å². The number of rotatable bonds is 2. The van der Waals surface area contributed by atoms with Gasteiger partial charge in [-0.1, -0.05) is 18.5 Å². The van der Waals surface area contributed by atoms with Crippen LogP contribution in [0.2, 0.25) is 5.02 Å². The summed E-state index contributed by atoms with van der Waals surface area (Å²) >= 11 is 12.9. The molecule has 2 aromatic heterocycles. The van der Waals surface area contributed by atoms with Crippen LogP contribution in [0.1, 0.15) is 45.5 Å². The van der Waals surface area contributed by atoms with Crippen molar-refractivity contribution in [2.24, 2.45) is 13.0 Å². The summed E-state index contributed by atoms with van der Waals surface area (Å²) in [4.78, 5) is 13.7. The van der Waals surface area contributed by atoms with Crippen LogP contribution >= 0.6 is 35.2 Å².